The summed E-state index contributed by atoms with van der Waals surface area (Å²) >= 11 is 0. The first-order chi connectivity index (χ1) is 24.2. The summed E-state index contributed by atoms with van der Waals surface area (Å²) < 4.78 is 87.9. The number of fused-ring (bicyclic) bond motifs is 6. The Hall–Kier alpha value is -3.96. The molecular formula is C34H44F2N4O9S. The van der Waals surface area contributed by atoms with Gasteiger partial charge in [0.15, 0.2) is 9.84 Å². The summed E-state index contributed by atoms with van der Waals surface area (Å²) in [5, 5.41) is 5.59. The van der Waals surface area contributed by atoms with Crippen LogP contribution in [0.2, 0.25) is 0 Å². The van der Waals surface area contributed by atoms with E-state index in [2.05, 4.69) is 20.6 Å². The Balaban J connectivity index is 1.23. The van der Waals surface area contributed by atoms with Gasteiger partial charge < -0.3 is 39.1 Å². The average molecular weight is 723 g/mol. The van der Waals surface area contributed by atoms with Crippen LogP contribution >= 0.6 is 0 Å². The first-order valence-electron chi connectivity index (χ1n) is 16.5. The van der Waals surface area contributed by atoms with Crippen LogP contribution in [0.1, 0.15) is 31.7 Å². The molecule has 4 rings (SSSR count). The van der Waals surface area contributed by atoms with Crippen molar-refractivity contribution in [3.63, 3.8) is 0 Å². The minimum Gasteiger partial charge on any atom is -0.493 e. The zero-order chi connectivity index (χ0) is 35.6. The fourth-order valence-corrected chi connectivity index (χ4v) is 5.94. The Kier molecular flexibility index (Phi) is 16.0. The molecule has 0 unspecified atom stereocenters. The van der Waals surface area contributed by atoms with Crippen molar-refractivity contribution < 1.29 is 50.4 Å². The van der Waals surface area contributed by atoms with Crippen LogP contribution in [-0.4, -0.2) is 103 Å². The maximum absolute atomic E-state index is 14.9. The van der Waals surface area contributed by atoms with Gasteiger partial charge in [0, 0.05) is 49.3 Å². The van der Waals surface area contributed by atoms with Crippen LogP contribution in [0.3, 0.4) is 0 Å². The summed E-state index contributed by atoms with van der Waals surface area (Å²) in [5.41, 5.74) is 0.860. The zero-order valence-electron chi connectivity index (χ0n) is 28.1. The Bertz CT molecular complexity index is 1630. The van der Waals surface area contributed by atoms with Gasteiger partial charge in [-0.2, -0.15) is 4.98 Å². The van der Waals surface area contributed by atoms with Crippen molar-refractivity contribution in [2.24, 2.45) is 0 Å². The molecule has 2 N–H and O–H groups in total. The number of carbonyl (C=O) groups is 1. The number of rotatable bonds is 19. The second kappa shape index (κ2) is 20.7. The normalized spacial score (nSPS) is 12.9. The molecule has 1 amide bonds. The van der Waals surface area contributed by atoms with Gasteiger partial charge in [-0.05, 0) is 36.2 Å². The highest BCUT2D eigenvalue weighted by atomic mass is 32.2. The molecule has 50 heavy (non-hydrogen) atoms. The van der Waals surface area contributed by atoms with Crippen molar-refractivity contribution in [3.8, 4) is 22.8 Å². The minimum atomic E-state index is -3.66. The van der Waals surface area contributed by atoms with Crippen molar-refractivity contribution in [3.05, 3.63) is 59.8 Å². The van der Waals surface area contributed by atoms with Gasteiger partial charge in [-0.15, -0.1) is 0 Å². The Morgan fingerprint density at radius 3 is 2.32 bits per heavy atom. The predicted molar refractivity (Wildman–Crippen MR) is 181 cm³/mol. The van der Waals surface area contributed by atoms with E-state index in [0.717, 1.165) is 19.2 Å². The summed E-state index contributed by atoms with van der Waals surface area (Å²) in [7, 11) is -3.66. The fourth-order valence-electron chi connectivity index (χ4n) is 4.71. The topological polar surface area (TPSA) is 156 Å². The smallest absolute Gasteiger partial charge is 0.222 e. The summed E-state index contributed by atoms with van der Waals surface area (Å²) in [5.74, 6) is -1.36. The molecule has 2 aromatic heterocycles. The molecule has 274 valence electrons. The molecule has 0 saturated heterocycles. The number of aromatic nitrogens is 2. The number of carbonyl (C=O) groups excluding carboxylic acids is 1. The molecule has 1 aromatic carbocycles. The fraction of sp³-hybridized carbons (Fsp3) is 0.500. The van der Waals surface area contributed by atoms with Gasteiger partial charge >= 0.3 is 0 Å². The van der Waals surface area contributed by atoms with E-state index in [4.69, 9.17) is 28.4 Å². The van der Waals surface area contributed by atoms with Gasteiger partial charge in [0.2, 0.25) is 11.8 Å². The summed E-state index contributed by atoms with van der Waals surface area (Å²) in [4.78, 5) is 20.7. The van der Waals surface area contributed by atoms with E-state index < -0.39 is 21.5 Å². The molecule has 3 aromatic rings. The number of sulfone groups is 1. The van der Waals surface area contributed by atoms with Crippen LogP contribution in [0.4, 0.5) is 20.4 Å². The lowest BCUT2D eigenvalue weighted by atomic mass is 10.0. The largest absolute Gasteiger partial charge is 0.493 e. The van der Waals surface area contributed by atoms with E-state index in [9.17, 15) is 22.0 Å². The first kappa shape index (κ1) is 38.8. The van der Waals surface area contributed by atoms with Crippen molar-refractivity contribution in [1.29, 1.82) is 0 Å². The number of anilines is 2. The summed E-state index contributed by atoms with van der Waals surface area (Å²) in [6.45, 7) is 5.82. The van der Waals surface area contributed by atoms with Crippen molar-refractivity contribution in [2.45, 2.75) is 31.9 Å². The summed E-state index contributed by atoms with van der Waals surface area (Å²) in [6.07, 6.45) is 2.45. The van der Waals surface area contributed by atoms with Crippen LogP contribution in [0.25, 0.3) is 11.1 Å². The molecule has 1 aliphatic heterocycles. The quantitative estimate of drug-likeness (QED) is 0.170. The molecule has 1 aliphatic rings. The molecule has 0 spiro atoms. The van der Waals surface area contributed by atoms with E-state index in [-0.39, 0.29) is 79.0 Å². The number of pyridine rings is 2. The highest BCUT2D eigenvalue weighted by molar-refractivity contribution is 7.90. The van der Waals surface area contributed by atoms with E-state index in [0.29, 0.717) is 57.2 Å². The number of nitrogens with one attached hydrogen (secondary N) is 2. The first-order valence-corrected chi connectivity index (χ1v) is 18.3. The van der Waals surface area contributed by atoms with Crippen molar-refractivity contribution >= 4 is 27.4 Å². The summed E-state index contributed by atoms with van der Waals surface area (Å²) in [6, 6.07) is 8.30. The standard InChI is InChI=1S/C34H44F2N4O9S/c1-2-8-44-12-14-46-16-17-47-15-13-45-11-6-33(41)37-7-18-50(42,43)24-25-19-32-39-31-22-28(29(36)23-38-31)27-5-4-26(35)21-30(27)48-9-3-10-49-34(20-25)40-32/h4-5,19-23H,2-3,6-18,24H2,1H3,(H,37,41)(H,38,39,40). The maximum atomic E-state index is 14.9. The third-order valence-electron chi connectivity index (χ3n) is 7.06. The molecule has 4 bridgehead atoms. The number of hydrogen-bond acceptors (Lipinski definition) is 12. The van der Waals surface area contributed by atoms with E-state index in [1.54, 1.807) is 0 Å². The van der Waals surface area contributed by atoms with Crippen LogP contribution in [0, 0.1) is 11.6 Å². The zero-order valence-corrected chi connectivity index (χ0v) is 28.9. The monoisotopic (exact) mass is 722 g/mol. The lowest BCUT2D eigenvalue weighted by Crippen LogP contribution is -2.30. The van der Waals surface area contributed by atoms with Crippen molar-refractivity contribution in [1.82, 2.24) is 15.3 Å². The molecule has 0 atom stereocenters. The Morgan fingerprint density at radius 2 is 1.58 bits per heavy atom. The van der Waals surface area contributed by atoms with E-state index in [1.165, 1.54) is 36.4 Å². The Labute approximate surface area is 290 Å². The van der Waals surface area contributed by atoms with Gasteiger partial charge in [0.1, 0.15) is 29.0 Å². The molecule has 0 saturated carbocycles. The van der Waals surface area contributed by atoms with Crippen LogP contribution < -0.4 is 20.1 Å². The van der Waals surface area contributed by atoms with Gasteiger partial charge in [-0.25, -0.2) is 22.2 Å². The minimum absolute atomic E-state index is 0.0685. The third-order valence-corrected chi connectivity index (χ3v) is 8.66. The molecule has 16 heteroatoms. The van der Waals surface area contributed by atoms with Gasteiger partial charge in [-0.3, -0.25) is 4.79 Å². The second-order valence-corrected chi connectivity index (χ2v) is 13.4. The van der Waals surface area contributed by atoms with Crippen LogP contribution in [-0.2, 0) is 39.3 Å². The number of nitrogens with zero attached hydrogens (tertiary/aromatic N) is 2. The van der Waals surface area contributed by atoms with Crippen molar-refractivity contribution in [2.75, 3.05) is 83.7 Å². The molecular weight excluding hydrogens is 678 g/mol. The van der Waals surface area contributed by atoms with Gasteiger partial charge in [0.05, 0.1) is 77.2 Å². The van der Waals surface area contributed by atoms with E-state index in [1.807, 2.05) is 6.92 Å². The number of hydrogen-bond donors (Lipinski definition) is 2. The lowest BCUT2D eigenvalue weighted by Gasteiger charge is -2.16. The second-order valence-electron chi connectivity index (χ2n) is 11.2. The average Bonchev–Trinajstić information content (AvgIpc) is 3.07. The number of ether oxygens (including phenoxy) is 6. The maximum Gasteiger partial charge on any atom is 0.222 e. The van der Waals surface area contributed by atoms with Gasteiger partial charge in [0.25, 0.3) is 0 Å². The predicted octanol–water partition coefficient (Wildman–Crippen LogP) is 4.22. The highest BCUT2D eigenvalue weighted by Gasteiger charge is 2.18. The van der Waals surface area contributed by atoms with Gasteiger partial charge in [-0.1, -0.05) is 6.92 Å². The third kappa shape index (κ3) is 13.7. The number of benzene rings is 1. The molecule has 13 nitrogen and oxygen atoms in total. The molecule has 0 aliphatic carbocycles. The van der Waals surface area contributed by atoms with Crippen LogP contribution in [0.15, 0.2) is 42.6 Å². The highest BCUT2D eigenvalue weighted by Crippen LogP contribution is 2.34. The SMILES string of the molecule is CCCOCCOCCOCCOCCC(=O)NCCS(=O)(=O)Cc1cc2nc(c1)OCCCOc1cc(F)ccc1-c1cc(ncc1F)N2. The molecule has 0 fully saturated rings. The van der Waals surface area contributed by atoms with E-state index >= 15 is 0 Å². The molecule has 3 heterocycles. The number of amides is 1. The Morgan fingerprint density at radius 1 is 0.880 bits per heavy atom. The van der Waals surface area contributed by atoms with Crippen LogP contribution in [0.5, 0.6) is 11.6 Å². The molecule has 0 radical (unpaired) electrons. The lowest BCUT2D eigenvalue weighted by molar-refractivity contribution is -0.122. The number of halogens is 2.